The van der Waals surface area contributed by atoms with Crippen LogP contribution in [0.25, 0.3) is 0 Å². The Labute approximate surface area is 71.1 Å². The van der Waals surface area contributed by atoms with Crippen LogP contribution >= 0.6 is 22.6 Å². The number of hydrogen-bond donors (Lipinski definition) is 1. The zero-order valence-electron chi connectivity index (χ0n) is 4.94. The lowest BCUT2D eigenvalue weighted by atomic mass is 10.3. The van der Waals surface area contributed by atoms with Crippen LogP contribution in [0.3, 0.4) is 0 Å². The van der Waals surface area contributed by atoms with Gasteiger partial charge in [0.2, 0.25) is 0 Å². The maximum Gasteiger partial charge on any atom is 0.124 e. The summed E-state index contributed by atoms with van der Waals surface area (Å²) in [5, 5.41) is 3.19. The second-order valence-electron chi connectivity index (χ2n) is 1.71. The zero-order chi connectivity index (χ0) is 7.56. The van der Waals surface area contributed by atoms with E-state index in [1.54, 1.807) is 0 Å². The van der Waals surface area contributed by atoms with E-state index in [0.717, 1.165) is 0 Å². The molecule has 0 saturated heterocycles. The first-order valence-electron chi connectivity index (χ1n) is 2.56. The van der Waals surface area contributed by atoms with Crippen molar-refractivity contribution >= 4 is 28.3 Å². The van der Waals surface area contributed by atoms with Crippen molar-refractivity contribution in [3.05, 3.63) is 27.6 Å². The van der Waals surface area contributed by atoms with Crippen LogP contribution in [0.5, 0.6) is 0 Å². The lowest BCUT2D eigenvalue weighted by Gasteiger charge is -1.93. The number of rotatable bonds is 1. The monoisotopic (exact) mass is 250 g/mol. The molecule has 0 bridgehead atoms. The summed E-state index contributed by atoms with van der Waals surface area (Å²) in [4.78, 5) is 0. The van der Waals surface area contributed by atoms with Crippen LogP contribution in [0.4, 0.5) is 10.1 Å². The molecule has 1 aromatic carbocycles. The highest BCUT2D eigenvalue weighted by atomic mass is 127. The van der Waals surface area contributed by atoms with Gasteiger partial charge in [0.05, 0.1) is 5.69 Å². The van der Waals surface area contributed by atoms with E-state index in [2.05, 4.69) is 5.11 Å². The van der Waals surface area contributed by atoms with Gasteiger partial charge in [-0.15, -0.1) is 0 Å². The van der Waals surface area contributed by atoms with Crippen molar-refractivity contribution in [1.82, 2.24) is 0 Å². The first kappa shape index (κ1) is 7.59. The van der Waals surface area contributed by atoms with E-state index in [9.17, 15) is 4.39 Å². The molecule has 10 heavy (non-hydrogen) atoms. The summed E-state index contributed by atoms with van der Waals surface area (Å²) >= 11 is 1.93. The predicted octanol–water partition coefficient (Wildman–Crippen LogP) is 3.09. The van der Waals surface area contributed by atoms with Gasteiger partial charge in [0, 0.05) is 3.57 Å². The summed E-state index contributed by atoms with van der Waals surface area (Å²) in [6.45, 7) is 0. The third-order valence-corrected chi connectivity index (χ3v) is 1.89. The van der Waals surface area contributed by atoms with Gasteiger partial charge in [0.25, 0.3) is 0 Å². The van der Waals surface area contributed by atoms with Crippen molar-refractivity contribution in [2.75, 3.05) is 0 Å². The number of nitrogens with zero attached hydrogens (tertiary/aromatic N) is 1. The summed E-state index contributed by atoms with van der Waals surface area (Å²) in [5.41, 5.74) is 7.15. The minimum Gasteiger partial charge on any atom is -0.207 e. The van der Waals surface area contributed by atoms with Gasteiger partial charge in [0.15, 0.2) is 0 Å². The van der Waals surface area contributed by atoms with Gasteiger partial charge in [-0.05, 0) is 40.8 Å². The molecule has 0 heterocycles. The molecule has 0 radical (unpaired) electrons. The predicted molar refractivity (Wildman–Crippen MR) is 43.9 cm³/mol. The second-order valence-corrected chi connectivity index (χ2v) is 2.87. The van der Waals surface area contributed by atoms with Crippen LogP contribution in [0, 0.1) is 14.9 Å². The summed E-state index contributed by atoms with van der Waals surface area (Å²) < 4.78 is 13.0. The molecule has 2 nitrogen and oxygen atoms in total. The zero-order valence-corrected chi connectivity index (χ0v) is 7.09. The molecule has 1 aromatic rings. The van der Waals surface area contributed by atoms with E-state index in [0.29, 0.717) is 9.26 Å². The van der Waals surface area contributed by atoms with Crippen LogP contribution in [-0.2, 0) is 0 Å². The Bertz CT molecular complexity index is 262. The lowest BCUT2D eigenvalue weighted by molar-refractivity contribution is 0.627. The van der Waals surface area contributed by atoms with Gasteiger partial charge in [0.1, 0.15) is 5.82 Å². The third-order valence-electron chi connectivity index (χ3n) is 1.03. The van der Waals surface area contributed by atoms with Crippen molar-refractivity contribution in [3.8, 4) is 0 Å². The van der Waals surface area contributed by atoms with Crippen molar-refractivity contribution < 1.29 is 4.39 Å². The Morgan fingerprint density at radius 3 is 2.70 bits per heavy atom. The molecule has 0 saturated carbocycles. The van der Waals surface area contributed by atoms with E-state index in [1.165, 1.54) is 18.2 Å². The Kier molecular flexibility index (Phi) is 2.31. The van der Waals surface area contributed by atoms with Crippen LogP contribution in [0.2, 0.25) is 0 Å². The van der Waals surface area contributed by atoms with Gasteiger partial charge in [-0.25, -0.2) is 9.92 Å². The fraction of sp³-hybridized carbons (Fsp3) is 0. The summed E-state index contributed by atoms with van der Waals surface area (Å²) in [7, 11) is 0. The van der Waals surface area contributed by atoms with E-state index in [1.807, 2.05) is 22.6 Å². The Morgan fingerprint density at radius 2 is 2.20 bits per heavy atom. The molecule has 0 atom stereocenters. The lowest BCUT2D eigenvalue weighted by Crippen LogP contribution is -1.75. The van der Waals surface area contributed by atoms with E-state index in [4.69, 9.17) is 5.53 Å². The number of halogens is 2. The third kappa shape index (κ3) is 1.50. The molecule has 52 valence electrons. The van der Waals surface area contributed by atoms with E-state index in [-0.39, 0.29) is 5.82 Å². The molecule has 0 aliphatic carbocycles. The van der Waals surface area contributed by atoms with Crippen LogP contribution < -0.4 is 0 Å². The summed E-state index contributed by atoms with van der Waals surface area (Å²) in [5.74, 6) is -0.295. The minimum atomic E-state index is -0.295. The highest BCUT2D eigenvalue weighted by Gasteiger charge is 1.97. The summed E-state index contributed by atoms with van der Waals surface area (Å²) in [6, 6.07) is 4.10. The number of benzene rings is 1. The molecule has 4 heteroatoms. The Hall–Kier alpha value is -0.520. The van der Waals surface area contributed by atoms with Gasteiger partial charge in [-0.2, -0.15) is 5.11 Å². The summed E-state index contributed by atoms with van der Waals surface area (Å²) in [6.07, 6.45) is 0. The maximum absolute atomic E-state index is 12.4. The van der Waals surface area contributed by atoms with Gasteiger partial charge in [-0.1, -0.05) is 0 Å². The van der Waals surface area contributed by atoms with Crippen molar-refractivity contribution in [2.24, 2.45) is 5.11 Å². The largest absolute Gasteiger partial charge is 0.207 e. The smallest absolute Gasteiger partial charge is 0.124 e. The Morgan fingerprint density at radius 1 is 1.50 bits per heavy atom. The topological polar surface area (TPSA) is 36.2 Å². The highest BCUT2D eigenvalue weighted by molar-refractivity contribution is 14.1. The molecule has 0 fully saturated rings. The van der Waals surface area contributed by atoms with Crippen molar-refractivity contribution in [2.45, 2.75) is 0 Å². The average Bonchev–Trinajstić information content (AvgIpc) is 1.88. The molecule has 0 aromatic heterocycles. The van der Waals surface area contributed by atoms with Crippen LogP contribution in [-0.4, -0.2) is 0 Å². The van der Waals surface area contributed by atoms with Crippen LogP contribution in [0.15, 0.2) is 23.3 Å². The SMILES string of the molecule is N=Nc1ccc(F)cc1I. The first-order valence-corrected chi connectivity index (χ1v) is 3.64. The molecule has 1 N–H and O–H groups in total. The van der Waals surface area contributed by atoms with Gasteiger partial charge < -0.3 is 0 Å². The molecular formula is C6H4FIN2. The first-order chi connectivity index (χ1) is 4.74. The number of hydrogen-bond acceptors (Lipinski definition) is 2. The van der Waals surface area contributed by atoms with Gasteiger partial charge >= 0.3 is 0 Å². The normalized spacial score (nSPS) is 9.40. The molecule has 1 rings (SSSR count). The van der Waals surface area contributed by atoms with E-state index < -0.39 is 0 Å². The second kappa shape index (κ2) is 3.05. The van der Waals surface area contributed by atoms with Crippen LogP contribution in [0.1, 0.15) is 0 Å². The molecular weight excluding hydrogens is 246 g/mol. The molecule has 0 amide bonds. The van der Waals surface area contributed by atoms with E-state index >= 15 is 0 Å². The molecule has 0 aliphatic heterocycles. The average molecular weight is 250 g/mol. The van der Waals surface area contributed by atoms with Crippen molar-refractivity contribution in [3.63, 3.8) is 0 Å². The molecule has 0 aliphatic rings. The maximum atomic E-state index is 12.4. The Balaban J connectivity index is 3.19. The fourth-order valence-corrected chi connectivity index (χ4v) is 1.17. The molecule has 0 spiro atoms. The quantitative estimate of drug-likeness (QED) is 0.587. The fourth-order valence-electron chi connectivity index (χ4n) is 0.572. The van der Waals surface area contributed by atoms with Gasteiger partial charge in [-0.3, -0.25) is 0 Å². The number of nitrogens with one attached hydrogen (secondary N) is 1. The molecule has 0 unspecified atom stereocenters. The standard InChI is InChI=1S/C6H4FIN2/c7-4-1-2-6(10-9)5(8)3-4/h1-3,9H. The highest BCUT2D eigenvalue weighted by Crippen LogP contribution is 2.21. The van der Waals surface area contributed by atoms with Crippen molar-refractivity contribution in [1.29, 1.82) is 5.53 Å². The minimum absolute atomic E-state index is 0.295.